The Morgan fingerprint density at radius 2 is 1.71 bits per heavy atom. The second-order valence-corrected chi connectivity index (χ2v) is 4.68. The van der Waals surface area contributed by atoms with E-state index in [9.17, 15) is 4.79 Å². The number of para-hydroxylation sites is 1. The Morgan fingerprint density at radius 3 is 2.33 bits per heavy atom. The van der Waals surface area contributed by atoms with Crippen molar-refractivity contribution in [3.05, 3.63) is 65.7 Å². The van der Waals surface area contributed by atoms with Crippen LogP contribution in [0.25, 0.3) is 0 Å². The molecule has 4 heteroatoms. The van der Waals surface area contributed by atoms with Gasteiger partial charge in [-0.05, 0) is 36.6 Å². The highest BCUT2D eigenvalue weighted by Gasteiger charge is 2.01. The zero-order chi connectivity index (χ0) is 15.1. The highest BCUT2D eigenvalue weighted by molar-refractivity contribution is 5.99. The molecule has 21 heavy (non-hydrogen) atoms. The fourth-order valence-electron chi connectivity index (χ4n) is 1.86. The first-order valence-corrected chi connectivity index (χ1v) is 6.94. The van der Waals surface area contributed by atoms with Crippen molar-refractivity contribution in [2.75, 3.05) is 5.32 Å². The molecule has 0 aromatic heterocycles. The van der Waals surface area contributed by atoms with Crippen molar-refractivity contribution in [2.45, 2.75) is 20.3 Å². The molecule has 4 nitrogen and oxygen atoms in total. The van der Waals surface area contributed by atoms with Gasteiger partial charge in [-0.2, -0.15) is 5.10 Å². The Bertz CT molecular complexity index is 618. The molecule has 0 saturated heterocycles. The van der Waals surface area contributed by atoms with Crippen LogP contribution in [0.15, 0.2) is 59.7 Å². The summed E-state index contributed by atoms with van der Waals surface area (Å²) in [5.41, 5.74) is 6.26. The van der Waals surface area contributed by atoms with E-state index in [-0.39, 0.29) is 6.03 Å². The fourth-order valence-corrected chi connectivity index (χ4v) is 1.86. The number of rotatable bonds is 4. The van der Waals surface area contributed by atoms with Gasteiger partial charge >= 0.3 is 6.03 Å². The van der Waals surface area contributed by atoms with Gasteiger partial charge in [0.15, 0.2) is 0 Å². The molecule has 0 aliphatic carbocycles. The van der Waals surface area contributed by atoms with Crippen molar-refractivity contribution >= 4 is 17.4 Å². The lowest BCUT2D eigenvalue weighted by Crippen LogP contribution is -2.25. The van der Waals surface area contributed by atoms with Crippen LogP contribution in [0.4, 0.5) is 10.5 Å². The van der Waals surface area contributed by atoms with Gasteiger partial charge in [0, 0.05) is 5.69 Å². The molecule has 0 fully saturated rings. The number of amides is 2. The van der Waals surface area contributed by atoms with Crippen molar-refractivity contribution in [2.24, 2.45) is 5.10 Å². The van der Waals surface area contributed by atoms with Gasteiger partial charge in [-0.15, -0.1) is 0 Å². The summed E-state index contributed by atoms with van der Waals surface area (Å²) in [4.78, 5) is 11.7. The topological polar surface area (TPSA) is 53.5 Å². The Kier molecular flexibility index (Phi) is 5.10. The van der Waals surface area contributed by atoms with Crippen LogP contribution >= 0.6 is 0 Å². The van der Waals surface area contributed by atoms with Crippen molar-refractivity contribution in [3.63, 3.8) is 0 Å². The zero-order valence-corrected chi connectivity index (χ0v) is 12.3. The minimum absolute atomic E-state index is 0.356. The third-order valence-electron chi connectivity index (χ3n) is 3.14. The van der Waals surface area contributed by atoms with Gasteiger partial charge in [-0.1, -0.05) is 49.4 Å². The van der Waals surface area contributed by atoms with Crippen LogP contribution in [0.2, 0.25) is 0 Å². The van der Waals surface area contributed by atoms with Gasteiger partial charge in [0.1, 0.15) is 0 Å². The Morgan fingerprint density at radius 1 is 1.05 bits per heavy atom. The molecule has 0 radical (unpaired) electrons. The lowest BCUT2D eigenvalue weighted by molar-refractivity contribution is 0.252. The number of aryl methyl sites for hydroxylation is 1. The summed E-state index contributed by atoms with van der Waals surface area (Å²) in [6.45, 7) is 3.98. The maximum absolute atomic E-state index is 11.7. The van der Waals surface area contributed by atoms with E-state index in [1.807, 2.05) is 49.4 Å². The number of carbonyl (C=O) groups excluding carboxylic acids is 1. The molecule has 2 rings (SSSR count). The van der Waals surface area contributed by atoms with Crippen molar-refractivity contribution < 1.29 is 4.79 Å². The lowest BCUT2D eigenvalue weighted by Gasteiger charge is -2.05. The molecule has 2 amide bonds. The molecule has 2 aromatic rings. The van der Waals surface area contributed by atoms with Crippen LogP contribution < -0.4 is 10.7 Å². The number of carbonyl (C=O) groups is 1. The number of nitrogens with one attached hydrogen (secondary N) is 2. The monoisotopic (exact) mass is 281 g/mol. The van der Waals surface area contributed by atoms with E-state index in [2.05, 4.69) is 34.9 Å². The molecule has 2 aromatic carbocycles. The standard InChI is InChI=1S/C17H19N3O/c1-3-14-9-11-15(12-10-14)13(2)19-20-17(21)18-16-7-5-4-6-8-16/h4-12H,3H2,1-2H3,(H2,18,20,21)/b19-13-. The molecular formula is C17H19N3O. The minimum atomic E-state index is -0.356. The number of benzene rings is 2. The summed E-state index contributed by atoms with van der Waals surface area (Å²) < 4.78 is 0. The quantitative estimate of drug-likeness (QED) is 0.650. The summed E-state index contributed by atoms with van der Waals surface area (Å²) in [6, 6.07) is 17.1. The molecule has 2 N–H and O–H groups in total. The molecule has 0 saturated carbocycles. The molecular weight excluding hydrogens is 262 g/mol. The number of nitrogens with zero attached hydrogens (tertiary/aromatic N) is 1. The number of hydrazone groups is 1. The maximum atomic E-state index is 11.7. The van der Waals surface area contributed by atoms with E-state index in [0.29, 0.717) is 0 Å². The van der Waals surface area contributed by atoms with Gasteiger partial charge in [-0.25, -0.2) is 10.2 Å². The number of hydrogen-bond acceptors (Lipinski definition) is 2. The molecule has 0 aliphatic heterocycles. The SMILES string of the molecule is CCc1ccc(/C(C)=N\NC(=O)Nc2ccccc2)cc1. The van der Waals surface area contributed by atoms with Crippen LogP contribution in [0.1, 0.15) is 25.0 Å². The van der Waals surface area contributed by atoms with E-state index in [1.165, 1.54) is 5.56 Å². The maximum Gasteiger partial charge on any atom is 0.339 e. The van der Waals surface area contributed by atoms with Crippen LogP contribution in [-0.4, -0.2) is 11.7 Å². The number of hydrogen-bond donors (Lipinski definition) is 2. The third-order valence-corrected chi connectivity index (χ3v) is 3.14. The van der Waals surface area contributed by atoms with Crippen molar-refractivity contribution in [1.29, 1.82) is 0 Å². The second kappa shape index (κ2) is 7.24. The summed E-state index contributed by atoms with van der Waals surface area (Å²) in [6.07, 6.45) is 1.01. The largest absolute Gasteiger partial charge is 0.339 e. The Balaban J connectivity index is 1.94. The van der Waals surface area contributed by atoms with E-state index < -0.39 is 0 Å². The van der Waals surface area contributed by atoms with Crippen LogP contribution in [0, 0.1) is 0 Å². The van der Waals surface area contributed by atoms with Crippen molar-refractivity contribution in [3.8, 4) is 0 Å². The summed E-state index contributed by atoms with van der Waals surface area (Å²) in [5.74, 6) is 0. The normalized spacial score (nSPS) is 11.0. The van der Waals surface area contributed by atoms with Gasteiger partial charge in [0.05, 0.1) is 5.71 Å². The van der Waals surface area contributed by atoms with Crippen LogP contribution in [-0.2, 0) is 6.42 Å². The first-order chi connectivity index (χ1) is 10.2. The zero-order valence-electron chi connectivity index (χ0n) is 12.3. The smallest absolute Gasteiger partial charge is 0.307 e. The van der Waals surface area contributed by atoms with Crippen LogP contribution in [0.3, 0.4) is 0 Å². The van der Waals surface area contributed by atoms with Crippen molar-refractivity contribution in [1.82, 2.24) is 5.43 Å². The average molecular weight is 281 g/mol. The number of urea groups is 1. The summed E-state index contributed by atoms with van der Waals surface area (Å²) in [7, 11) is 0. The highest BCUT2D eigenvalue weighted by Crippen LogP contribution is 2.07. The lowest BCUT2D eigenvalue weighted by atomic mass is 10.1. The number of anilines is 1. The van der Waals surface area contributed by atoms with E-state index in [0.717, 1.165) is 23.4 Å². The molecule has 108 valence electrons. The molecule has 0 aliphatic rings. The van der Waals surface area contributed by atoms with Crippen LogP contribution in [0.5, 0.6) is 0 Å². The summed E-state index contributed by atoms with van der Waals surface area (Å²) >= 11 is 0. The summed E-state index contributed by atoms with van der Waals surface area (Å²) in [5, 5.41) is 6.81. The predicted octanol–water partition coefficient (Wildman–Crippen LogP) is 3.79. The minimum Gasteiger partial charge on any atom is -0.307 e. The van der Waals surface area contributed by atoms with Gasteiger partial charge in [0.2, 0.25) is 0 Å². The molecule has 0 spiro atoms. The van der Waals surface area contributed by atoms with Gasteiger partial charge in [-0.3, -0.25) is 0 Å². The van der Waals surface area contributed by atoms with E-state index in [1.54, 1.807) is 0 Å². The second-order valence-electron chi connectivity index (χ2n) is 4.68. The van der Waals surface area contributed by atoms with Gasteiger partial charge < -0.3 is 5.32 Å². The molecule has 0 unspecified atom stereocenters. The highest BCUT2D eigenvalue weighted by atomic mass is 16.2. The predicted molar refractivity (Wildman–Crippen MR) is 86.6 cm³/mol. The third kappa shape index (κ3) is 4.45. The Hall–Kier alpha value is -2.62. The molecule has 0 bridgehead atoms. The van der Waals surface area contributed by atoms with E-state index in [4.69, 9.17) is 0 Å². The average Bonchev–Trinajstić information content (AvgIpc) is 2.53. The molecule has 0 atom stereocenters. The molecule has 0 heterocycles. The first kappa shape index (κ1) is 14.8. The van der Waals surface area contributed by atoms with E-state index >= 15 is 0 Å². The fraction of sp³-hybridized carbons (Fsp3) is 0.176. The Labute approximate surface area is 124 Å². The van der Waals surface area contributed by atoms with Gasteiger partial charge in [0.25, 0.3) is 0 Å². The first-order valence-electron chi connectivity index (χ1n) is 6.94.